The molecule has 0 heterocycles. The fraction of sp³-hybridized carbons (Fsp3) is 0.400. The van der Waals surface area contributed by atoms with E-state index in [4.69, 9.17) is 17.3 Å². The molecule has 1 aromatic rings. The molecule has 0 radical (unpaired) electrons. The van der Waals surface area contributed by atoms with E-state index in [9.17, 15) is 13.2 Å². The predicted molar refractivity (Wildman–Crippen MR) is 53.7 cm³/mol. The van der Waals surface area contributed by atoms with Gasteiger partial charge in [-0.2, -0.15) is 13.2 Å². The Balaban J connectivity index is 2.54. The smallest absolute Gasteiger partial charge is 0.324 e. The number of halogens is 4. The van der Waals surface area contributed by atoms with Gasteiger partial charge < -0.3 is 5.73 Å². The second-order valence-corrected chi connectivity index (χ2v) is 3.75. The molecule has 0 saturated carbocycles. The SMILES string of the molecule is N[C@@H](CCC(F)(F)F)c1ccc(Cl)cc1. The average Bonchev–Trinajstić information content (AvgIpc) is 2.14. The van der Waals surface area contributed by atoms with Crippen molar-refractivity contribution in [2.45, 2.75) is 25.1 Å². The lowest BCUT2D eigenvalue weighted by Gasteiger charge is -2.13. The lowest BCUT2D eigenvalue weighted by atomic mass is 10.0. The first-order chi connectivity index (χ1) is 6.88. The quantitative estimate of drug-likeness (QED) is 0.853. The zero-order valence-electron chi connectivity index (χ0n) is 7.89. The van der Waals surface area contributed by atoms with Crippen LogP contribution in [0.4, 0.5) is 13.2 Å². The topological polar surface area (TPSA) is 26.0 Å². The van der Waals surface area contributed by atoms with Crippen LogP contribution in [0.3, 0.4) is 0 Å². The van der Waals surface area contributed by atoms with Gasteiger partial charge in [-0.1, -0.05) is 23.7 Å². The Kier molecular flexibility index (Phi) is 3.99. The zero-order chi connectivity index (χ0) is 11.5. The van der Waals surface area contributed by atoms with E-state index in [1.807, 2.05) is 0 Å². The van der Waals surface area contributed by atoms with Crippen molar-refractivity contribution in [2.75, 3.05) is 0 Å². The van der Waals surface area contributed by atoms with Crippen molar-refractivity contribution >= 4 is 11.6 Å². The van der Waals surface area contributed by atoms with Crippen molar-refractivity contribution in [3.05, 3.63) is 34.9 Å². The standard InChI is InChI=1S/C10H11ClF3N/c11-8-3-1-7(2-4-8)9(15)5-6-10(12,13)14/h1-4,9H,5-6,15H2/t9-/m0/s1. The van der Waals surface area contributed by atoms with E-state index in [1.165, 1.54) is 0 Å². The Morgan fingerprint density at radius 2 is 1.73 bits per heavy atom. The van der Waals surface area contributed by atoms with Crippen LogP contribution in [0.5, 0.6) is 0 Å². The fourth-order valence-corrected chi connectivity index (χ4v) is 1.32. The lowest BCUT2D eigenvalue weighted by molar-refractivity contribution is -0.136. The van der Waals surface area contributed by atoms with E-state index in [0.717, 1.165) is 0 Å². The Bertz CT molecular complexity index is 307. The number of alkyl halides is 3. The van der Waals surface area contributed by atoms with E-state index in [0.29, 0.717) is 10.6 Å². The highest BCUT2D eigenvalue weighted by molar-refractivity contribution is 6.30. The van der Waals surface area contributed by atoms with Crippen LogP contribution in [-0.2, 0) is 0 Å². The Labute approximate surface area is 91.0 Å². The maximum atomic E-state index is 11.9. The predicted octanol–water partition coefficient (Wildman–Crippen LogP) is 3.68. The van der Waals surface area contributed by atoms with Gasteiger partial charge in [0.2, 0.25) is 0 Å². The minimum atomic E-state index is -4.15. The van der Waals surface area contributed by atoms with Crippen LogP contribution in [-0.4, -0.2) is 6.18 Å². The molecule has 0 aliphatic carbocycles. The largest absolute Gasteiger partial charge is 0.389 e. The van der Waals surface area contributed by atoms with E-state index >= 15 is 0 Å². The third-order valence-corrected chi connectivity index (χ3v) is 2.29. The van der Waals surface area contributed by atoms with Crippen LogP contribution in [0.1, 0.15) is 24.4 Å². The first-order valence-electron chi connectivity index (χ1n) is 4.46. The summed E-state index contributed by atoms with van der Waals surface area (Å²) < 4.78 is 35.8. The van der Waals surface area contributed by atoms with E-state index < -0.39 is 18.6 Å². The van der Waals surface area contributed by atoms with E-state index in [2.05, 4.69) is 0 Å². The van der Waals surface area contributed by atoms with Gasteiger partial charge in [-0.05, 0) is 24.1 Å². The first kappa shape index (κ1) is 12.3. The van der Waals surface area contributed by atoms with Crippen molar-refractivity contribution < 1.29 is 13.2 Å². The summed E-state index contributed by atoms with van der Waals surface area (Å²) in [6, 6.07) is 5.92. The van der Waals surface area contributed by atoms with Crippen LogP contribution in [0.2, 0.25) is 5.02 Å². The minimum Gasteiger partial charge on any atom is -0.324 e. The highest BCUT2D eigenvalue weighted by Gasteiger charge is 2.27. The van der Waals surface area contributed by atoms with Gasteiger partial charge in [0.05, 0.1) is 0 Å². The van der Waals surface area contributed by atoms with Crippen LogP contribution in [0.25, 0.3) is 0 Å². The van der Waals surface area contributed by atoms with Gasteiger partial charge in [0.25, 0.3) is 0 Å². The molecule has 1 rings (SSSR count). The van der Waals surface area contributed by atoms with Gasteiger partial charge in [-0.3, -0.25) is 0 Å². The number of hydrogen-bond acceptors (Lipinski definition) is 1. The summed E-state index contributed by atoms with van der Waals surface area (Å²) in [6.45, 7) is 0. The van der Waals surface area contributed by atoms with Gasteiger partial charge in [0, 0.05) is 17.5 Å². The molecule has 0 fully saturated rings. The number of rotatable bonds is 3. The zero-order valence-corrected chi connectivity index (χ0v) is 8.65. The number of nitrogens with two attached hydrogens (primary N) is 1. The molecule has 1 nitrogen and oxygen atoms in total. The summed E-state index contributed by atoms with van der Waals surface area (Å²) in [6.07, 6.45) is -5.12. The molecular formula is C10H11ClF3N. The van der Waals surface area contributed by atoms with Crippen LogP contribution in [0.15, 0.2) is 24.3 Å². The molecule has 0 spiro atoms. The van der Waals surface area contributed by atoms with Gasteiger partial charge in [-0.15, -0.1) is 0 Å². The summed E-state index contributed by atoms with van der Waals surface area (Å²) >= 11 is 5.65. The number of benzene rings is 1. The molecule has 0 aliphatic rings. The minimum absolute atomic E-state index is 0.106. The van der Waals surface area contributed by atoms with Crippen molar-refractivity contribution in [1.82, 2.24) is 0 Å². The Morgan fingerprint density at radius 3 is 2.20 bits per heavy atom. The molecule has 84 valence electrons. The molecule has 0 aliphatic heterocycles. The molecule has 0 amide bonds. The lowest BCUT2D eigenvalue weighted by Crippen LogP contribution is -2.15. The summed E-state index contributed by atoms with van der Waals surface area (Å²) in [5.74, 6) is 0. The molecule has 5 heteroatoms. The summed E-state index contributed by atoms with van der Waals surface area (Å²) in [5.41, 5.74) is 6.28. The maximum absolute atomic E-state index is 11.9. The third-order valence-electron chi connectivity index (χ3n) is 2.04. The van der Waals surface area contributed by atoms with Crippen molar-refractivity contribution in [1.29, 1.82) is 0 Å². The average molecular weight is 238 g/mol. The molecule has 0 bridgehead atoms. The molecule has 0 saturated heterocycles. The Morgan fingerprint density at radius 1 is 1.20 bits per heavy atom. The molecule has 1 atom stereocenters. The van der Waals surface area contributed by atoms with Crippen LogP contribution in [0, 0.1) is 0 Å². The van der Waals surface area contributed by atoms with Gasteiger partial charge in [0.1, 0.15) is 0 Å². The van der Waals surface area contributed by atoms with Crippen LogP contribution < -0.4 is 5.73 Å². The summed E-state index contributed by atoms with van der Waals surface area (Å²) in [5, 5.41) is 0.543. The molecule has 2 N–H and O–H groups in total. The summed E-state index contributed by atoms with van der Waals surface area (Å²) in [4.78, 5) is 0. The van der Waals surface area contributed by atoms with Crippen molar-refractivity contribution in [2.24, 2.45) is 5.73 Å². The van der Waals surface area contributed by atoms with Gasteiger partial charge in [0.15, 0.2) is 0 Å². The Hall–Kier alpha value is -0.740. The highest BCUT2D eigenvalue weighted by Crippen LogP contribution is 2.26. The molecule has 15 heavy (non-hydrogen) atoms. The normalized spacial score (nSPS) is 13.9. The second kappa shape index (κ2) is 4.86. The fourth-order valence-electron chi connectivity index (χ4n) is 1.20. The summed E-state index contributed by atoms with van der Waals surface area (Å²) in [7, 11) is 0. The maximum Gasteiger partial charge on any atom is 0.389 e. The van der Waals surface area contributed by atoms with Crippen LogP contribution >= 0.6 is 11.6 Å². The molecular weight excluding hydrogens is 227 g/mol. The first-order valence-corrected chi connectivity index (χ1v) is 4.84. The van der Waals surface area contributed by atoms with Gasteiger partial charge in [-0.25, -0.2) is 0 Å². The van der Waals surface area contributed by atoms with E-state index in [-0.39, 0.29) is 6.42 Å². The monoisotopic (exact) mass is 237 g/mol. The second-order valence-electron chi connectivity index (χ2n) is 3.31. The molecule has 0 aromatic heterocycles. The third kappa shape index (κ3) is 4.53. The van der Waals surface area contributed by atoms with Crippen molar-refractivity contribution in [3.63, 3.8) is 0 Å². The van der Waals surface area contributed by atoms with E-state index in [1.54, 1.807) is 24.3 Å². The molecule has 1 aromatic carbocycles. The van der Waals surface area contributed by atoms with Crippen molar-refractivity contribution in [3.8, 4) is 0 Å². The number of hydrogen-bond donors (Lipinski definition) is 1. The van der Waals surface area contributed by atoms with Gasteiger partial charge >= 0.3 is 6.18 Å². The highest BCUT2D eigenvalue weighted by atomic mass is 35.5. The molecule has 0 unspecified atom stereocenters.